The predicted molar refractivity (Wildman–Crippen MR) is 64.3 cm³/mol. The van der Waals surface area contributed by atoms with Gasteiger partial charge in [-0.25, -0.2) is 0 Å². The fourth-order valence-electron chi connectivity index (χ4n) is 0.745. The number of phenolic OH excluding ortho intramolecular Hbond substituents is 1. The lowest BCUT2D eigenvalue weighted by Crippen LogP contribution is -1.88. The van der Waals surface area contributed by atoms with Crippen LogP contribution in [0.4, 0.5) is 0 Å². The predicted octanol–water partition coefficient (Wildman–Crippen LogP) is 4.25. The molecule has 6 heteroatoms. The highest BCUT2D eigenvalue weighted by Crippen LogP contribution is 2.44. The summed E-state index contributed by atoms with van der Waals surface area (Å²) in [6, 6.07) is 0. The summed E-state index contributed by atoms with van der Waals surface area (Å²) >= 11 is 12.8. The number of benzene rings is 1. The second-order valence-electron chi connectivity index (χ2n) is 2.14. The third-order valence-corrected chi connectivity index (χ3v) is 6.17. The summed E-state index contributed by atoms with van der Waals surface area (Å²) in [5, 5.41) is 9.52. The van der Waals surface area contributed by atoms with Gasteiger partial charge in [-0.05, 0) is 63.7 Å². The molecule has 0 atom stereocenters. The highest BCUT2D eigenvalue weighted by molar-refractivity contribution is 9.15. The zero-order valence-corrected chi connectivity index (χ0v) is 12.3. The van der Waals surface area contributed by atoms with Gasteiger partial charge in [-0.3, -0.25) is 4.79 Å². The third kappa shape index (κ3) is 2.00. The molecule has 1 N–H and O–H groups in total. The van der Waals surface area contributed by atoms with E-state index >= 15 is 0 Å². The fourth-order valence-corrected chi connectivity index (χ4v) is 2.97. The van der Waals surface area contributed by atoms with Crippen LogP contribution in [0.3, 0.4) is 0 Å². The molecule has 0 aliphatic carbocycles. The van der Waals surface area contributed by atoms with Crippen molar-refractivity contribution in [3.8, 4) is 5.75 Å². The van der Waals surface area contributed by atoms with Gasteiger partial charge in [0.05, 0.1) is 14.5 Å². The van der Waals surface area contributed by atoms with Crippen molar-refractivity contribution in [1.82, 2.24) is 0 Å². The number of carbonyl (C=O) groups excluding carboxylic acids is 1. The van der Waals surface area contributed by atoms with E-state index in [1.807, 2.05) is 0 Å². The molecule has 1 rings (SSSR count). The Morgan fingerprint density at radius 3 is 1.85 bits per heavy atom. The molecule has 0 aliphatic rings. The van der Waals surface area contributed by atoms with Crippen LogP contribution < -0.4 is 0 Å². The molecule has 0 radical (unpaired) electrons. The Kier molecular flexibility index (Phi) is 3.97. The lowest BCUT2D eigenvalue weighted by molar-refractivity contribution is 0.112. The van der Waals surface area contributed by atoms with E-state index in [-0.39, 0.29) is 11.3 Å². The maximum Gasteiger partial charge on any atom is 0.155 e. The first-order chi connectivity index (χ1) is 6.00. The monoisotopic (exact) mass is 434 g/mol. The molecule has 0 unspecified atom stereocenters. The molecule has 0 aliphatic heterocycles. The molecule has 0 saturated carbocycles. The molecule has 2 nitrogen and oxygen atoms in total. The van der Waals surface area contributed by atoms with Crippen molar-refractivity contribution in [2.75, 3.05) is 0 Å². The number of aldehydes is 1. The largest absolute Gasteiger partial charge is 0.506 e. The smallest absolute Gasteiger partial charge is 0.155 e. The lowest BCUT2D eigenvalue weighted by Gasteiger charge is -2.08. The lowest BCUT2D eigenvalue weighted by atomic mass is 10.2. The van der Waals surface area contributed by atoms with Gasteiger partial charge in [-0.15, -0.1) is 0 Å². The van der Waals surface area contributed by atoms with Crippen LogP contribution in [0.15, 0.2) is 17.9 Å². The van der Waals surface area contributed by atoms with E-state index < -0.39 is 0 Å². The van der Waals surface area contributed by atoms with Crippen LogP contribution >= 0.6 is 63.7 Å². The average Bonchev–Trinajstić information content (AvgIpc) is 2.13. The Hall–Kier alpha value is 0.610. The average molecular weight is 438 g/mol. The molecule has 13 heavy (non-hydrogen) atoms. The summed E-state index contributed by atoms with van der Waals surface area (Å²) in [6.45, 7) is 0. The number of rotatable bonds is 1. The molecule has 0 fully saturated rings. The SMILES string of the molecule is O=Cc1c(O)c(Br)c(Br)c(Br)c1Br. The first-order valence-electron chi connectivity index (χ1n) is 3.00. The highest BCUT2D eigenvalue weighted by atomic mass is 79.9. The van der Waals surface area contributed by atoms with E-state index in [2.05, 4.69) is 63.7 Å². The van der Waals surface area contributed by atoms with E-state index in [4.69, 9.17) is 0 Å². The molecular formula is C7H2Br4O2. The normalized spacial score (nSPS) is 10.2. The zero-order chi connectivity index (χ0) is 10.2. The number of halogens is 4. The molecule has 0 aromatic heterocycles. The molecule has 0 heterocycles. The maximum atomic E-state index is 10.6. The van der Waals surface area contributed by atoms with E-state index in [1.54, 1.807) is 0 Å². The quantitative estimate of drug-likeness (QED) is 0.405. The van der Waals surface area contributed by atoms with Gasteiger partial charge in [0.2, 0.25) is 0 Å². The summed E-state index contributed by atoms with van der Waals surface area (Å²) in [4.78, 5) is 10.6. The Balaban J connectivity index is 3.66. The minimum absolute atomic E-state index is 0.0862. The van der Waals surface area contributed by atoms with Crippen LogP contribution in [0.25, 0.3) is 0 Å². The van der Waals surface area contributed by atoms with Crippen LogP contribution in [0.2, 0.25) is 0 Å². The number of aromatic hydroxyl groups is 1. The topological polar surface area (TPSA) is 37.3 Å². The summed E-state index contributed by atoms with van der Waals surface area (Å²) in [5.74, 6) is -0.0862. The first kappa shape index (κ1) is 11.7. The van der Waals surface area contributed by atoms with E-state index in [0.717, 1.165) is 0 Å². The second kappa shape index (κ2) is 4.42. The van der Waals surface area contributed by atoms with Gasteiger partial charge in [-0.2, -0.15) is 0 Å². The van der Waals surface area contributed by atoms with E-state index in [0.29, 0.717) is 24.2 Å². The van der Waals surface area contributed by atoms with Crippen molar-refractivity contribution in [3.05, 3.63) is 23.5 Å². The van der Waals surface area contributed by atoms with Crippen molar-refractivity contribution < 1.29 is 9.90 Å². The van der Waals surface area contributed by atoms with Crippen LogP contribution in [-0.2, 0) is 0 Å². The van der Waals surface area contributed by atoms with Crippen molar-refractivity contribution in [1.29, 1.82) is 0 Å². The van der Waals surface area contributed by atoms with Crippen molar-refractivity contribution in [2.24, 2.45) is 0 Å². The Morgan fingerprint density at radius 1 is 0.923 bits per heavy atom. The summed E-state index contributed by atoms with van der Waals surface area (Å²) in [6.07, 6.45) is 0.585. The van der Waals surface area contributed by atoms with Crippen LogP contribution in [0.5, 0.6) is 5.75 Å². The van der Waals surface area contributed by atoms with Crippen molar-refractivity contribution in [2.45, 2.75) is 0 Å². The highest BCUT2D eigenvalue weighted by Gasteiger charge is 2.17. The third-order valence-electron chi connectivity index (χ3n) is 1.40. The molecular weight excluding hydrogens is 436 g/mol. The molecule has 0 bridgehead atoms. The van der Waals surface area contributed by atoms with Crippen LogP contribution in [-0.4, -0.2) is 11.4 Å². The minimum Gasteiger partial charge on any atom is -0.506 e. The molecule has 70 valence electrons. The first-order valence-corrected chi connectivity index (χ1v) is 6.18. The standard InChI is InChI=1S/C7H2Br4O2/c8-3-2(1-12)7(13)6(11)5(10)4(3)9/h1,13H. The fraction of sp³-hybridized carbons (Fsp3) is 0. The van der Waals surface area contributed by atoms with Crippen LogP contribution in [0, 0.1) is 0 Å². The Bertz CT molecular complexity index is 346. The van der Waals surface area contributed by atoms with E-state index in [1.165, 1.54) is 0 Å². The van der Waals surface area contributed by atoms with E-state index in [9.17, 15) is 9.90 Å². The van der Waals surface area contributed by atoms with Crippen molar-refractivity contribution in [3.63, 3.8) is 0 Å². The van der Waals surface area contributed by atoms with Gasteiger partial charge in [0.25, 0.3) is 0 Å². The minimum atomic E-state index is -0.0862. The van der Waals surface area contributed by atoms with Gasteiger partial charge in [-0.1, -0.05) is 0 Å². The van der Waals surface area contributed by atoms with Crippen LogP contribution in [0.1, 0.15) is 10.4 Å². The molecule has 0 spiro atoms. The summed E-state index contributed by atoms with van der Waals surface area (Å²) in [5.41, 5.74) is 0.210. The Labute approximate surface area is 108 Å². The Morgan fingerprint density at radius 2 is 1.38 bits per heavy atom. The molecule has 0 saturated heterocycles. The number of hydrogen-bond donors (Lipinski definition) is 1. The van der Waals surface area contributed by atoms with Gasteiger partial charge >= 0.3 is 0 Å². The summed E-state index contributed by atoms with van der Waals surface area (Å²) in [7, 11) is 0. The number of carbonyl (C=O) groups is 1. The van der Waals surface area contributed by atoms with Gasteiger partial charge in [0.15, 0.2) is 6.29 Å². The maximum absolute atomic E-state index is 10.6. The van der Waals surface area contributed by atoms with Gasteiger partial charge in [0, 0.05) is 8.95 Å². The molecule has 1 aromatic carbocycles. The second-order valence-corrected chi connectivity index (χ2v) is 5.31. The number of hydrogen-bond acceptors (Lipinski definition) is 2. The van der Waals surface area contributed by atoms with Gasteiger partial charge < -0.3 is 5.11 Å². The molecule has 1 aromatic rings. The van der Waals surface area contributed by atoms with Crippen molar-refractivity contribution >= 4 is 70.0 Å². The molecule has 0 amide bonds. The van der Waals surface area contributed by atoms with Gasteiger partial charge in [0.1, 0.15) is 5.75 Å². The summed E-state index contributed by atoms with van der Waals surface area (Å²) < 4.78 is 2.31. The number of phenols is 1. The zero-order valence-electron chi connectivity index (χ0n) is 5.94.